The highest BCUT2D eigenvalue weighted by atomic mass is 35.5. The minimum atomic E-state index is 0.656. The first-order chi connectivity index (χ1) is 10.6. The van der Waals surface area contributed by atoms with Crippen LogP contribution in [0.2, 0.25) is 5.02 Å². The van der Waals surface area contributed by atoms with Crippen LogP contribution in [-0.2, 0) is 6.54 Å². The third-order valence-electron chi connectivity index (χ3n) is 3.55. The lowest BCUT2D eigenvalue weighted by atomic mass is 10.1. The van der Waals surface area contributed by atoms with Gasteiger partial charge in [-0.1, -0.05) is 23.7 Å². The molecule has 0 aliphatic rings. The third kappa shape index (κ3) is 2.83. The van der Waals surface area contributed by atoms with E-state index in [1.54, 1.807) is 5.01 Å². The smallest absolute Gasteiger partial charge is 0.0933 e. The van der Waals surface area contributed by atoms with Gasteiger partial charge in [0.05, 0.1) is 23.4 Å². The molecule has 0 saturated heterocycles. The fourth-order valence-corrected chi connectivity index (χ4v) is 2.61. The number of fused-ring (bicyclic) bond motifs is 1. The van der Waals surface area contributed by atoms with E-state index in [0.29, 0.717) is 6.54 Å². The molecule has 0 aliphatic heterocycles. The maximum Gasteiger partial charge on any atom is 0.0933 e. The number of pyridine rings is 1. The van der Waals surface area contributed by atoms with Crippen molar-refractivity contribution < 1.29 is 0 Å². The Morgan fingerprint density at radius 3 is 2.64 bits per heavy atom. The molecule has 0 bridgehead atoms. The summed E-state index contributed by atoms with van der Waals surface area (Å²) in [5.74, 6) is 0. The molecule has 3 aromatic rings. The molecule has 0 radical (unpaired) electrons. The van der Waals surface area contributed by atoms with E-state index in [4.69, 9.17) is 16.7 Å². The first-order valence-electron chi connectivity index (χ1n) is 7.00. The maximum absolute atomic E-state index is 5.95. The summed E-state index contributed by atoms with van der Waals surface area (Å²) in [6.45, 7) is 6.29. The fraction of sp³-hybridized carbons (Fsp3) is 0.176. The molecule has 0 unspecified atom stereocenters. The number of hydrogen-bond acceptors (Lipinski definition) is 3. The molecule has 0 atom stereocenters. The summed E-state index contributed by atoms with van der Waals surface area (Å²) >= 11 is 5.95. The fourth-order valence-electron chi connectivity index (χ4n) is 2.49. The molecule has 0 N–H and O–H groups in total. The number of nitrogens with zero attached hydrogens (tertiary/aromatic N) is 4. The van der Waals surface area contributed by atoms with Crippen LogP contribution in [0.15, 0.2) is 47.6 Å². The average molecular weight is 313 g/mol. The summed E-state index contributed by atoms with van der Waals surface area (Å²) in [6.07, 6.45) is 0. The second kappa shape index (κ2) is 5.81. The number of halogens is 1. The average Bonchev–Trinajstić information content (AvgIpc) is 2.91. The molecule has 0 spiro atoms. The van der Waals surface area contributed by atoms with Crippen molar-refractivity contribution in [2.75, 3.05) is 7.05 Å². The van der Waals surface area contributed by atoms with E-state index in [1.165, 1.54) is 5.56 Å². The largest absolute Gasteiger partial charge is 0.295 e. The first-order valence-corrected chi connectivity index (χ1v) is 7.37. The number of rotatable bonds is 4. The van der Waals surface area contributed by atoms with Crippen LogP contribution in [0.3, 0.4) is 0 Å². The highest BCUT2D eigenvalue weighted by Crippen LogP contribution is 2.23. The van der Waals surface area contributed by atoms with E-state index in [1.807, 2.05) is 35.8 Å². The molecule has 0 aliphatic carbocycles. The summed E-state index contributed by atoms with van der Waals surface area (Å²) in [5, 5.41) is 11.2. The summed E-state index contributed by atoms with van der Waals surface area (Å²) in [4.78, 5) is 0. The van der Waals surface area contributed by atoms with Gasteiger partial charge >= 0.3 is 0 Å². The molecular weight excluding hydrogens is 296 g/mol. The van der Waals surface area contributed by atoms with E-state index < -0.39 is 0 Å². The zero-order chi connectivity index (χ0) is 15.7. The molecule has 0 fully saturated rings. The highest BCUT2D eigenvalue weighted by molar-refractivity contribution is 6.30. The zero-order valence-electron chi connectivity index (χ0n) is 12.6. The Morgan fingerprint density at radius 2 is 1.95 bits per heavy atom. The number of aromatic nitrogens is 2. The van der Waals surface area contributed by atoms with Gasteiger partial charge in [-0.15, -0.1) is 0 Å². The summed E-state index contributed by atoms with van der Waals surface area (Å²) < 4.78 is 1.96. The molecule has 0 amide bonds. The summed E-state index contributed by atoms with van der Waals surface area (Å²) in [7, 11) is 1.89. The van der Waals surface area contributed by atoms with Gasteiger partial charge in [-0.05, 0) is 42.8 Å². The molecule has 112 valence electrons. The Bertz CT molecular complexity index is 821. The van der Waals surface area contributed by atoms with Crippen LogP contribution in [0.4, 0.5) is 0 Å². The summed E-state index contributed by atoms with van der Waals surface area (Å²) in [5.41, 5.74) is 5.31. The van der Waals surface area contributed by atoms with Crippen LogP contribution in [-0.4, -0.2) is 28.4 Å². The van der Waals surface area contributed by atoms with Crippen LogP contribution in [0, 0.1) is 6.92 Å². The molecule has 3 rings (SSSR count). The quantitative estimate of drug-likeness (QED) is 0.538. The van der Waals surface area contributed by atoms with Gasteiger partial charge in [-0.2, -0.15) is 10.2 Å². The highest BCUT2D eigenvalue weighted by Gasteiger charge is 2.09. The van der Waals surface area contributed by atoms with E-state index >= 15 is 0 Å². The van der Waals surface area contributed by atoms with Crippen LogP contribution >= 0.6 is 11.6 Å². The third-order valence-corrected chi connectivity index (χ3v) is 3.80. The van der Waals surface area contributed by atoms with Gasteiger partial charge < -0.3 is 0 Å². The first kappa shape index (κ1) is 14.6. The van der Waals surface area contributed by atoms with Gasteiger partial charge in [0.1, 0.15) is 0 Å². The Labute approximate surface area is 134 Å². The van der Waals surface area contributed by atoms with E-state index in [-0.39, 0.29) is 0 Å². The Kier molecular flexibility index (Phi) is 3.86. The SMILES string of the molecule is C=NN(C)Cc1cc(C)cc2cc(-c3ccc(Cl)cc3)nn12. The van der Waals surface area contributed by atoms with Crippen molar-refractivity contribution in [1.82, 2.24) is 14.6 Å². The predicted octanol–water partition coefficient (Wildman–Crippen LogP) is 4.01. The van der Waals surface area contributed by atoms with E-state index in [0.717, 1.165) is 27.5 Å². The van der Waals surface area contributed by atoms with Gasteiger partial charge in [0.25, 0.3) is 0 Å². The second-order valence-corrected chi connectivity index (χ2v) is 5.79. The van der Waals surface area contributed by atoms with Crippen molar-refractivity contribution >= 4 is 23.8 Å². The number of aryl methyl sites for hydroxylation is 1. The molecular formula is C17H17ClN4. The number of hydrazone groups is 1. The van der Waals surface area contributed by atoms with E-state index in [2.05, 4.69) is 36.9 Å². The minimum Gasteiger partial charge on any atom is -0.295 e. The van der Waals surface area contributed by atoms with Crippen molar-refractivity contribution in [3.05, 3.63) is 58.7 Å². The molecule has 5 heteroatoms. The van der Waals surface area contributed by atoms with Crippen molar-refractivity contribution in [1.29, 1.82) is 0 Å². The molecule has 0 saturated carbocycles. The van der Waals surface area contributed by atoms with Gasteiger partial charge in [-0.3, -0.25) is 5.01 Å². The predicted molar refractivity (Wildman–Crippen MR) is 91.4 cm³/mol. The van der Waals surface area contributed by atoms with Crippen LogP contribution < -0.4 is 0 Å². The van der Waals surface area contributed by atoms with E-state index in [9.17, 15) is 0 Å². The standard InChI is InChI=1S/C17H17ClN4/c1-12-8-15-10-17(13-4-6-14(18)7-5-13)20-22(15)16(9-12)11-21(3)19-2/h4-10H,2,11H2,1,3H3. The van der Waals surface area contributed by atoms with Crippen LogP contribution in [0.1, 0.15) is 11.3 Å². The minimum absolute atomic E-state index is 0.656. The Hall–Kier alpha value is -2.33. The maximum atomic E-state index is 5.95. The van der Waals surface area contributed by atoms with Crippen molar-refractivity contribution in [2.45, 2.75) is 13.5 Å². The lowest BCUT2D eigenvalue weighted by molar-refractivity contribution is 0.342. The van der Waals surface area contributed by atoms with Gasteiger partial charge in [0, 0.05) is 24.4 Å². The monoisotopic (exact) mass is 312 g/mol. The van der Waals surface area contributed by atoms with Crippen molar-refractivity contribution in [3.63, 3.8) is 0 Å². The van der Waals surface area contributed by atoms with Gasteiger partial charge in [0.15, 0.2) is 0 Å². The van der Waals surface area contributed by atoms with Crippen molar-refractivity contribution in [3.8, 4) is 11.3 Å². The molecule has 22 heavy (non-hydrogen) atoms. The Morgan fingerprint density at radius 1 is 1.23 bits per heavy atom. The molecule has 4 nitrogen and oxygen atoms in total. The Balaban J connectivity index is 2.10. The molecule has 1 aromatic carbocycles. The van der Waals surface area contributed by atoms with Crippen LogP contribution in [0.5, 0.6) is 0 Å². The molecule has 2 heterocycles. The number of benzene rings is 1. The van der Waals surface area contributed by atoms with Gasteiger partial charge in [-0.25, -0.2) is 4.52 Å². The zero-order valence-corrected chi connectivity index (χ0v) is 13.4. The normalized spacial score (nSPS) is 10.9. The lowest BCUT2D eigenvalue weighted by Crippen LogP contribution is -2.13. The number of hydrogen-bond donors (Lipinski definition) is 0. The summed E-state index contributed by atoms with van der Waals surface area (Å²) in [6, 6.07) is 14.0. The lowest BCUT2D eigenvalue weighted by Gasteiger charge is -2.13. The van der Waals surface area contributed by atoms with Crippen LogP contribution in [0.25, 0.3) is 16.8 Å². The topological polar surface area (TPSA) is 32.9 Å². The van der Waals surface area contributed by atoms with Crippen molar-refractivity contribution in [2.24, 2.45) is 5.10 Å². The second-order valence-electron chi connectivity index (χ2n) is 5.35. The van der Waals surface area contributed by atoms with Gasteiger partial charge in [0.2, 0.25) is 0 Å². The molecule has 2 aromatic heterocycles.